The third-order valence-electron chi connectivity index (χ3n) is 4.95. The molecule has 0 radical (unpaired) electrons. The molecule has 0 aliphatic carbocycles. The summed E-state index contributed by atoms with van der Waals surface area (Å²) >= 11 is 1.47. The summed E-state index contributed by atoms with van der Waals surface area (Å²) in [6, 6.07) is 5.36. The molecule has 0 saturated carbocycles. The molecular formula is C20H23FN4OS. The number of likely N-dealkylation sites (tertiary alicyclic amines) is 1. The Balaban J connectivity index is 1.49. The molecule has 1 fully saturated rings. The first kappa shape index (κ1) is 18.3. The van der Waals surface area contributed by atoms with Crippen LogP contribution in [0.5, 0.6) is 5.75 Å². The van der Waals surface area contributed by atoms with Crippen LogP contribution in [0.2, 0.25) is 0 Å². The number of aromatic nitrogens is 3. The predicted octanol–water partition coefficient (Wildman–Crippen LogP) is 4.36. The van der Waals surface area contributed by atoms with Crippen molar-refractivity contribution >= 4 is 21.7 Å². The number of nitrogens with zero attached hydrogens (tertiary/aromatic N) is 4. The Morgan fingerprint density at radius 1 is 1.15 bits per heavy atom. The maximum absolute atomic E-state index is 14.6. The first-order chi connectivity index (χ1) is 12.9. The Bertz CT molecular complexity index is 969. The summed E-state index contributed by atoms with van der Waals surface area (Å²) in [7, 11) is 0. The smallest absolute Gasteiger partial charge is 0.171 e. The van der Waals surface area contributed by atoms with Crippen molar-refractivity contribution in [3.63, 3.8) is 0 Å². The summed E-state index contributed by atoms with van der Waals surface area (Å²) in [5, 5.41) is 0.902. The van der Waals surface area contributed by atoms with Crippen LogP contribution in [0.3, 0.4) is 0 Å². The highest BCUT2D eigenvalue weighted by Crippen LogP contribution is 2.30. The lowest BCUT2D eigenvalue weighted by molar-refractivity contribution is 0.180. The molecule has 1 aliphatic heterocycles. The van der Waals surface area contributed by atoms with Crippen LogP contribution >= 0.6 is 11.3 Å². The highest BCUT2D eigenvalue weighted by atomic mass is 32.1. The van der Waals surface area contributed by atoms with Crippen LogP contribution in [0.1, 0.15) is 41.5 Å². The number of hydrogen-bond donors (Lipinski definition) is 0. The van der Waals surface area contributed by atoms with Crippen molar-refractivity contribution in [2.45, 2.75) is 46.3 Å². The molecule has 142 valence electrons. The fourth-order valence-corrected chi connectivity index (χ4v) is 4.48. The molecule has 7 heteroatoms. The van der Waals surface area contributed by atoms with Crippen LogP contribution < -0.4 is 4.74 Å². The lowest BCUT2D eigenvalue weighted by Gasteiger charge is -2.24. The maximum Gasteiger partial charge on any atom is 0.171 e. The van der Waals surface area contributed by atoms with Gasteiger partial charge in [0.25, 0.3) is 0 Å². The monoisotopic (exact) mass is 386 g/mol. The van der Waals surface area contributed by atoms with E-state index in [2.05, 4.69) is 19.9 Å². The Kier molecular flexibility index (Phi) is 4.82. The molecule has 0 bridgehead atoms. The second-order valence-electron chi connectivity index (χ2n) is 7.20. The normalized spacial score (nSPS) is 18.9. The minimum atomic E-state index is -0.261. The van der Waals surface area contributed by atoms with Gasteiger partial charge in [0, 0.05) is 36.6 Å². The van der Waals surface area contributed by atoms with Gasteiger partial charge in [-0.05, 0) is 40.2 Å². The molecule has 0 spiro atoms. The van der Waals surface area contributed by atoms with Crippen molar-refractivity contribution < 1.29 is 9.13 Å². The van der Waals surface area contributed by atoms with Crippen molar-refractivity contribution in [1.29, 1.82) is 0 Å². The van der Waals surface area contributed by atoms with Gasteiger partial charge in [-0.15, -0.1) is 11.3 Å². The second-order valence-corrected chi connectivity index (χ2v) is 8.43. The topological polar surface area (TPSA) is 51.1 Å². The van der Waals surface area contributed by atoms with E-state index in [0.29, 0.717) is 11.3 Å². The highest BCUT2D eigenvalue weighted by molar-refractivity contribution is 7.18. The number of rotatable bonds is 4. The molecule has 0 amide bonds. The molecule has 0 unspecified atom stereocenters. The Morgan fingerprint density at radius 3 is 2.63 bits per heavy atom. The number of hydrogen-bond acceptors (Lipinski definition) is 6. The van der Waals surface area contributed by atoms with Crippen LogP contribution in [0.4, 0.5) is 4.39 Å². The first-order valence-corrected chi connectivity index (χ1v) is 10.0. The molecule has 1 aliphatic rings. The molecular weight excluding hydrogens is 363 g/mol. The van der Waals surface area contributed by atoms with E-state index in [4.69, 9.17) is 4.74 Å². The third kappa shape index (κ3) is 3.80. The SMILES string of the molecule is Cc1cc(O[C@@H]2CCN([C@H](C)c3nc4nc(C)sc4cc3F)C2)cc(C)n1. The van der Waals surface area contributed by atoms with E-state index < -0.39 is 0 Å². The molecule has 3 aromatic heterocycles. The van der Waals surface area contributed by atoms with Gasteiger partial charge in [0.1, 0.15) is 17.7 Å². The van der Waals surface area contributed by atoms with E-state index in [1.54, 1.807) is 6.07 Å². The molecule has 5 nitrogen and oxygen atoms in total. The number of fused-ring (bicyclic) bond motifs is 1. The fraction of sp³-hybridized carbons (Fsp3) is 0.450. The molecule has 4 rings (SSSR count). The zero-order valence-corrected chi connectivity index (χ0v) is 16.8. The average molecular weight is 386 g/mol. The standard InChI is InChI=1S/C20H23FN4OS/c1-11-7-16(8-12(2)22-11)26-15-5-6-25(10-15)13(3)19-17(21)9-18-20(24-19)23-14(4)27-18/h7-9,13,15H,5-6,10H2,1-4H3/t13-,15-/m1/s1. The third-order valence-corrected chi connectivity index (χ3v) is 5.85. The van der Waals surface area contributed by atoms with Crippen molar-refractivity contribution in [3.8, 4) is 5.75 Å². The summed E-state index contributed by atoms with van der Waals surface area (Å²) in [6.07, 6.45) is 0.992. The molecule has 4 heterocycles. The summed E-state index contributed by atoms with van der Waals surface area (Å²) in [6.45, 7) is 9.44. The van der Waals surface area contributed by atoms with Crippen LogP contribution in [0.25, 0.3) is 10.3 Å². The van der Waals surface area contributed by atoms with Crippen molar-refractivity contribution in [2.24, 2.45) is 0 Å². The quantitative estimate of drug-likeness (QED) is 0.667. The maximum atomic E-state index is 14.6. The van der Waals surface area contributed by atoms with Gasteiger partial charge in [-0.2, -0.15) is 0 Å². The van der Waals surface area contributed by atoms with Gasteiger partial charge in [0.2, 0.25) is 0 Å². The highest BCUT2D eigenvalue weighted by Gasteiger charge is 2.30. The summed E-state index contributed by atoms with van der Waals surface area (Å²) in [4.78, 5) is 15.5. The van der Waals surface area contributed by atoms with Gasteiger partial charge in [-0.25, -0.2) is 14.4 Å². The summed E-state index contributed by atoms with van der Waals surface area (Å²) in [5.74, 6) is 0.589. The molecule has 0 aromatic carbocycles. The van der Waals surface area contributed by atoms with Crippen LogP contribution in [0, 0.1) is 26.6 Å². The number of aryl methyl sites for hydroxylation is 3. The predicted molar refractivity (Wildman–Crippen MR) is 105 cm³/mol. The summed E-state index contributed by atoms with van der Waals surface area (Å²) < 4.78 is 21.6. The van der Waals surface area contributed by atoms with E-state index in [-0.39, 0.29) is 18.0 Å². The second kappa shape index (κ2) is 7.13. The van der Waals surface area contributed by atoms with E-state index >= 15 is 0 Å². The Morgan fingerprint density at radius 2 is 1.89 bits per heavy atom. The molecule has 3 aromatic rings. The number of ether oxygens (including phenoxy) is 1. The number of pyridine rings is 2. The summed E-state index contributed by atoms with van der Waals surface area (Å²) in [5.41, 5.74) is 3.00. The zero-order valence-electron chi connectivity index (χ0n) is 16.0. The number of halogens is 1. The van der Waals surface area contributed by atoms with Gasteiger partial charge in [0.15, 0.2) is 5.65 Å². The van der Waals surface area contributed by atoms with E-state index in [9.17, 15) is 4.39 Å². The van der Waals surface area contributed by atoms with Crippen molar-refractivity contribution in [2.75, 3.05) is 13.1 Å². The van der Waals surface area contributed by atoms with E-state index in [1.165, 1.54) is 11.3 Å². The van der Waals surface area contributed by atoms with Crippen molar-refractivity contribution in [3.05, 3.63) is 46.1 Å². The average Bonchev–Trinajstić information content (AvgIpc) is 3.18. The molecule has 2 atom stereocenters. The Labute approximate surface area is 162 Å². The van der Waals surface area contributed by atoms with Gasteiger partial charge in [-0.3, -0.25) is 9.88 Å². The van der Waals surface area contributed by atoms with E-state index in [1.807, 2.05) is 39.8 Å². The molecule has 1 saturated heterocycles. The van der Waals surface area contributed by atoms with Gasteiger partial charge in [-0.1, -0.05) is 0 Å². The largest absolute Gasteiger partial charge is 0.489 e. The lowest BCUT2D eigenvalue weighted by Crippen LogP contribution is -2.28. The molecule has 0 N–H and O–H groups in total. The van der Waals surface area contributed by atoms with Crippen molar-refractivity contribution in [1.82, 2.24) is 19.9 Å². The fourth-order valence-electron chi connectivity index (χ4n) is 3.69. The van der Waals surface area contributed by atoms with Gasteiger partial charge >= 0.3 is 0 Å². The minimum Gasteiger partial charge on any atom is -0.489 e. The Hall–Kier alpha value is -2.12. The van der Waals surface area contributed by atoms with Crippen LogP contribution in [0.15, 0.2) is 18.2 Å². The molecule has 27 heavy (non-hydrogen) atoms. The number of thiazole rings is 1. The van der Waals surface area contributed by atoms with Crippen LogP contribution in [-0.2, 0) is 0 Å². The lowest BCUT2D eigenvalue weighted by atomic mass is 10.2. The first-order valence-electron chi connectivity index (χ1n) is 9.18. The van der Waals surface area contributed by atoms with Gasteiger partial charge < -0.3 is 4.74 Å². The van der Waals surface area contributed by atoms with Gasteiger partial charge in [0.05, 0.1) is 21.4 Å². The van der Waals surface area contributed by atoms with Crippen LogP contribution in [-0.4, -0.2) is 39.0 Å². The van der Waals surface area contributed by atoms with E-state index in [0.717, 1.165) is 46.4 Å². The minimum absolute atomic E-state index is 0.0851. The zero-order chi connectivity index (χ0) is 19.1.